The van der Waals surface area contributed by atoms with Crippen molar-refractivity contribution in [2.75, 3.05) is 19.0 Å². The summed E-state index contributed by atoms with van der Waals surface area (Å²) < 4.78 is 0. The molecule has 0 N–H and O–H groups in total. The second-order valence-electron chi connectivity index (χ2n) is 3.42. The Morgan fingerprint density at radius 3 is 2.31 bits per heavy atom. The van der Waals surface area contributed by atoms with Crippen LogP contribution in [0.2, 0.25) is 0 Å². The first-order chi connectivity index (χ1) is 6.04. The lowest BCUT2D eigenvalue weighted by molar-refractivity contribution is 0.101. The molecule has 0 amide bonds. The van der Waals surface area contributed by atoms with Crippen molar-refractivity contribution in [3.05, 3.63) is 29.3 Å². The molecule has 0 aromatic heterocycles. The first kappa shape index (κ1) is 9.78. The smallest absolute Gasteiger partial charge is 0.162 e. The second kappa shape index (κ2) is 3.60. The molecule has 0 saturated heterocycles. The lowest BCUT2D eigenvalue weighted by Crippen LogP contribution is -2.13. The Balaban J connectivity index is 3.34. The summed E-state index contributed by atoms with van der Waals surface area (Å²) in [5, 5.41) is 0. The fourth-order valence-electron chi connectivity index (χ4n) is 1.48. The monoisotopic (exact) mass is 177 g/mol. The van der Waals surface area contributed by atoms with E-state index in [2.05, 4.69) is 0 Å². The predicted octanol–water partition coefficient (Wildman–Crippen LogP) is 2.26. The average molecular weight is 177 g/mol. The van der Waals surface area contributed by atoms with E-state index in [1.165, 1.54) is 0 Å². The number of benzene rings is 1. The van der Waals surface area contributed by atoms with Crippen molar-refractivity contribution < 1.29 is 4.79 Å². The van der Waals surface area contributed by atoms with Crippen LogP contribution < -0.4 is 4.90 Å². The van der Waals surface area contributed by atoms with Gasteiger partial charge < -0.3 is 4.90 Å². The van der Waals surface area contributed by atoms with Crippen LogP contribution in [0.1, 0.15) is 22.8 Å². The molecule has 0 atom stereocenters. The van der Waals surface area contributed by atoms with Crippen molar-refractivity contribution in [3.8, 4) is 0 Å². The predicted molar refractivity (Wildman–Crippen MR) is 55.5 cm³/mol. The molecule has 0 fully saturated rings. The molecule has 0 spiro atoms. The number of rotatable bonds is 2. The molecule has 2 nitrogen and oxygen atoms in total. The zero-order chi connectivity index (χ0) is 10.0. The Labute approximate surface area is 79.2 Å². The van der Waals surface area contributed by atoms with Crippen molar-refractivity contribution in [1.82, 2.24) is 0 Å². The average Bonchev–Trinajstić information content (AvgIpc) is 2.02. The minimum absolute atomic E-state index is 0.127. The fourth-order valence-corrected chi connectivity index (χ4v) is 1.48. The standard InChI is InChI=1S/C11H15NO/c1-8-6-5-7-10(12(3)4)11(8)9(2)13/h5-7H,1-4H3. The molecule has 70 valence electrons. The van der Waals surface area contributed by atoms with Crippen LogP contribution in [-0.4, -0.2) is 19.9 Å². The molecule has 0 bridgehead atoms. The van der Waals surface area contributed by atoms with Crippen LogP contribution in [0.15, 0.2) is 18.2 Å². The summed E-state index contributed by atoms with van der Waals surface area (Å²) in [5.41, 5.74) is 2.86. The van der Waals surface area contributed by atoms with E-state index in [1.807, 2.05) is 44.1 Å². The van der Waals surface area contributed by atoms with Crippen LogP contribution in [0.3, 0.4) is 0 Å². The van der Waals surface area contributed by atoms with Crippen LogP contribution in [0.25, 0.3) is 0 Å². The number of aryl methyl sites for hydroxylation is 1. The van der Waals surface area contributed by atoms with Crippen LogP contribution in [0.4, 0.5) is 5.69 Å². The van der Waals surface area contributed by atoms with Crippen molar-refractivity contribution in [2.24, 2.45) is 0 Å². The maximum atomic E-state index is 11.4. The highest BCUT2D eigenvalue weighted by Gasteiger charge is 2.10. The molecule has 0 aliphatic rings. The maximum absolute atomic E-state index is 11.4. The molecule has 0 saturated carbocycles. The summed E-state index contributed by atoms with van der Waals surface area (Å²) in [6.45, 7) is 3.57. The lowest BCUT2D eigenvalue weighted by Gasteiger charge is -2.17. The number of Topliss-reactive ketones (excluding diaryl/α,β-unsaturated/α-hetero) is 1. The summed E-state index contributed by atoms with van der Waals surface area (Å²) in [6.07, 6.45) is 0. The number of ketones is 1. The zero-order valence-corrected chi connectivity index (χ0v) is 8.59. The Kier molecular flexibility index (Phi) is 2.71. The van der Waals surface area contributed by atoms with Crippen molar-refractivity contribution in [1.29, 1.82) is 0 Å². The van der Waals surface area contributed by atoms with Gasteiger partial charge in [0, 0.05) is 25.3 Å². The van der Waals surface area contributed by atoms with Crippen LogP contribution in [-0.2, 0) is 0 Å². The molecule has 1 rings (SSSR count). The van der Waals surface area contributed by atoms with E-state index in [4.69, 9.17) is 0 Å². The molecule has 1 aromatic carbocycles. The normalized spacial score (nSPS) is 9.85. The van der Waals surface area contributed by atoms with E-state index in [1.54, 1.807) is 6.92 Å². The molecule has 0 heterocycles. The Morgan fingerprint density at radius 1 is 1.31 bits per heavy atom. The minimum atomic E-state index is 0.127. The van der Waals surface area contributed by atoms with Gasteiger partial charge in [0.05, 0.1) is 0 Å². The highest BCUT2D eigenvalue weighted by atomic mass is 16.1. The number of hydrogen-bond acceptors (Lipinski definition) is 2. The number of carbonyl (C=O) groups excluding carboxylic acids is 1. The first-order valence-electron chi connectivity index (χ1n) is 4.32. The first-order valence-corrected chi connectivity index (χ1v) is 4.32. The molecular weight excluding hydrogens is 162 g/mol. The van der Waals surface area contributed by atoms with Gasteiger partial charge in [-0.15, -0.1) is 0 Å². The number of anilines is 1. The van der Waals surface area contributed by atoms with E-state index < -0.39 is 0 Å². The summed E-state index contributed by atoms with van der Waals surface area (Å²) in [4.78, 5) is 13.3. The third-order valence-corrected chi connectivity index (χ3v) is 2.08. The molecule has 13 heavy (non-hydrogen) atoms. The summed E-state index contributed by atoms with van der Waals surface area (Å²) in [7, 11) is 3.89. The van der Waals surface area contributed by atoms with Gasteiger partial charge in [-0.2, -0.15) is 0 Å². The highest BCUT2D eigenvalue weighted by Crippen LogP contribution is 2.22. The zero-order valence-electron chi connectivity index (χ0n) is 8.59. The largest absolute Gasteiger partial charge is 0.377 e. The molecule has 2 heteroatoms. The van der Waals surface area contributed by atoms with Gasteiger partial charge in [-0.3, -0.25) is 4.79 Å². The molecule has 0 aliphatic heterocycles. The van der Waals surface area contributed by atoms with Crippen molar-refractivity contribution in [3.63, 3.8) is 0 Å². The number of nitrogens with zero attached hydrogens (tertiary/aromatic N) is 1. The van der Waals surface area contributed by atoms with Gasteiger partial charge in [0.15, 0.2) is 5.78 Å². The van der Waals surface area contributed by atoms with Gasteiger partial charge in [-0.1, -0.05) is 12.1 Å². The van der Waals surface area contributed by atoms with Gasteiger partial charge in [0.2, 0.25) is 0 Å². The Hall–Kier alpha value is -1.31. The van der Waals surface area contributed by atoms with Gasteiger partial charge in [0.1, 0.15) is 0 Å². The quantitative estimate of drug-likeness (QED) is 0.646. The van der Waals surface area contributed by atoms with Crippen molar-refractivity contribution >= 4 is 11.5 Å². The molecule has 0 radical (unpaired) electrons. The molecule has 1 aromatic rings. The van der Waals surface area contributed by atoms with Crippen LogP contribution in [0, 0.1) is 6.92 Å². The molecular formula is C11H15NO. The van der Waals surface area contributed by atoms with Crippen LogP contribution >= 0.6 is 0 Å². The highest BCUT2D eigenvalue weighted by molar-refractivity contribution is 6.01. The number of carbonyl (C=O) groups is 1. The molecule has 0 unspecified atom stereocenters. The summed E-state index contributed by atoms with van der Waals surface area (Å²) in [5.74, 6) is 0.127. The third-order valence-electron chi connectivity index (χ3n) is 2.08. The maximum Gasteiger partial charge on any atom is 0.162 e. The molecule has 0 aliphatic carbocycles. The van der Waals surface area contributed by atoms with E-state index in [0.29, 0.717) is 0 Å². The van der Waals surface area contributed by atoms with Gasteiger partial charge in [0.25, 0.3) is 0 Å². The van der Waals surface area contributed by atoms with Gasteiger partial charge in [-0.05, 0) is 25.5 Å². The van der Waals surface area contributed by atoms with E-state index in [0.717, 1.165) is 16.8 Å². The van der Waals surface area contributed by atoms with Gasteiger partial charge in [-0.25, -0.2) is 0 Å². The van der Waals surface area contributed by atoms with Crippen molar-refractivity contribution in [2.45, 2.75) is 13.8 Å². The van der Waals surface area contributed by atoms with Crippen LogP contribution in [0.5, 0.6) is 0 Å². The van der Waals surface area contributed by atoms with E-state index in [9.17, 15) is 4.79 Å². The summed E-state index contributed by atoms with van der Waals surface area (Å²) >= 11 is 0. The van der Waals surface area contributed by atoms with E-state index >= 15 is 0 Å². The SMILES string of the molecule is CC(=O)c1c(C)cccc1N(C)C. The second-order valence-corrected chi connectivity index (χ2v) is 3.42. The fraction of sp³-hybridized carbons (Fsp3) is 0.364. The van der Waals surface area contributed by atoms with E-state index in [-0.39, 0.29) is 5.78 Å². The number of hydrogen-bond donors (Lipinski definition) is 0. The lowest BCUT2D eigenvalue weighted by atomic mass is 10.0. The third kappa shape index (κ3) is 1.89. The summed E-state index contributed by atoms with van der Waals surface area (Å²) in [6, 6.07) is 5.89. The Morgan fingerprint density at radius 2 is 1.92 bits per heavy atom. The Bertz CT molecular complexity index is 329. The van der Waals surface area contributed by atoms with Gasteiger partial charge >= 0.3 is 0 Å². The minimum Gasteiger partial charge on any atom is -0.377 e. The topological polar surface area (TPSA) is 20.3 Å².